The van der Waals surface area contributed by atoms with Gasteiger partial charge in [-0.25, -0.2) is 4.79 Å². The largest absolute Gasteiger partial charge is 0.493 e. The normalized spacial score (nSPS) is 24.5. The number of aliphatic hydroxyl groups is 1. The number of carbonyl (C=O) groups is 1. The summed E-state index contributed by atoms with van der Waals surface area (Å²) in [4.78, 5) is 14.8. The van der Waals surface area contributed by atoms with Crippen LogP contribution in [0.1, 0.15) is 35.4 Å². The summed E-state index contributed by atoms with van der Waals surface area (Å²) in [7, 11) is 0. The molecule has 3 fully saturated rings. The summed E-state index contributed by atoms with van der Waals surface area (Å²) in [5, 5.41) is 15.4. The van der Waals surface area contributed by atoms with Gasteiger partial charge in [0, 0.05) is 18.8 Å². The third-order valence-corrected chi connectivity index (χ3v) is 9.33. The molecule has 1 N–H and O–H groups in total. The summed E-state index contributed by atoms with van der Waals surface area (Å²) in [6.07, 6.45) is 4.10. The highest BCUT2D eigenvalue weighted by atomic mass is 32.1. The molecule has 3 aromatic rings. The van der Waals surface area contributed by atoms with Gasteiger partial charge >= 0.3 is 5.97 Å². The van der Waals surface area contributed by atoms with Crippen molar-refractivity contribution in [2.24, 2.45) is 5.92 Å². The van der Waals surface area contributed by atoms with Crippen molar-refractivity contribution in [2.75, 3.05) is 32.8 Å². The Labute approximate surface area is 209 Å². The number of esters is 1. The zero-order valence-electron chi connectivity index (χ0n) is 19.3. The number of fused-ring (bicyclic) bond motifs is 4. The number of hydrogen-bond acceptors (Lipinski definition) is 6. The number of nitrogens with zero attached hydrogens (tertiary/aromatic N) is 1. The number of hydrogen-bond donors (Lipinski definition) is 1. The molecule has 2 aromatic heterocycles. The molecular formula is C27H32NO4S2+. The van der Waals surface area contributed by atoms with Crippen LogP contribution in [-0.4, -0.2) is 54.4 Å². The topological polar surface area (TPSA) is 55.8 Å². The fourth-order valence-corrected chi connectivity index (χ4v) is 7.25. The van der Waals surface area contributed by atoms with Crippen LogP contribution in [0.4, 0.5) is 0 Å². The van der Waals surface area contributed by atoms with E-state index >= 15 is 0 Å². The Balaban J connectivity index is 1.27. The zero-order valence-corrected chi connectivity index (χ0v) is 20.9. The van der Waals surface area contributed by atoms with Crippen LogP contribution in [0, 0.1) is 5.92 Å². The Bertz CT molecular complexity index is 1020. The van der Waals surface area contributed by atoms with E-state index in [9.17, 15) is 9.90 Å². The fraction of sp³-hybridized carbons (Fsp3) is 0.444. The Morgan fingerprint density at radius 2 is 1.74 bits per heavy atom. The van der Waals surface area contributed by atoms with Crippen molar-refractivity contribution in [3.05, 3.63) is 75.1 Å². The minimum atomic E-state index is -1.74. The summed E-state index contributed by atoms with van der Waals surface area (Å²) in [5.74, 6) is 0.737. The van der Waals surface area contributed by atoms with Gasteiger partial charge in [-0.2, -0.15) is 0 Å². The van der Waals surface area contributed by atoms with E-state index < -0.39 is 11.6 Å². The van der Waals surface area contributed by atoms with Gasteiger partial charge in [-0.05, 0) is 47.9 Å². The first-order chi connectivity index (χ1) is 16.6. The zero-order chi connectivity index (χ0) is 23.4. The average molecular weight is 499 g/mol. The SMILES string of the molecule is O=C(OC1C[N+]2(CCCOc3ccccc3)CCCC1CC2)C(O)(c1cccs1)c1cccs1. The van der Waals surface area contributed by atoms with E-state index in [1.807, 2.05) is 65.4 Å². The molecule has 3 atom stereocenters. The first-order valence-electron chi connectivity index (χ1n) is 12.1. The van der Waals surface area contributed by atoms with E-state index in [4.69, 9.17) is 9.47 Å². The van der Waals surface area contributed by atoms with Crippen LogP contribution in [-0.2, 0) is 15.1 Å². The number of benzene rings is 1. The van der Waals surface area contributed by atoms with E-state index in [0.29, 0.717) is 22.3 Å². The van der Waals surface area contributed by atoms with E-state index in [1.165, 1.54) is 22.7 Å². The van der Waals surface area contributed by atoms with E-state index in [-0.39, 0.29) is 6.10 Å². The number of carbonyl (C=O) groups excluding carboxylic acids is 1. The maximum atomic E-state index is 13.6. The van der Waals surface area contributed by atoms with Crippen LogP contribution in [0.5, 0.6) is 5.75 Å². The number of piperidine rings is 1. The molecule has 0 aliphatic carbocycles. The molecule has 34 heavy (non-hydrogen) atoms. The number of thiophene rings is 2. The lowest BCUT2D eigenvalue weighted by Crippen LogP contribution is -2.58. The number of rotatable bonds is 9. The molecule has 0 spiro atoms. The lowest BCUT2D eigenvalue weighted by Gasteiger charge is -2.44. The van der Waals surface area contributed by atoms with Crippen molar-refractivity contribution in [3.8, 4) is 5.75 Å². The number of para-hydroxylation sites is 1. The second-order valence-corrected chi connectivity index (χ2v) is 11.4. The highest BCUT2D eigenvalue weighted by Crippen LogP contribution is 2.40. The second-order valence-electron chi connectivity index (χ2n) is 9.51. The van der Waals surface area contributed by atoms with Crippen molar-refractivity contribution < 1.29 is 23.9 Å². The Hall–Kier alpha value is -2.19. The first kappa shape index (κ1) is 23.5. The third kappa shape index (κ3) is 4.80. The molecular weight excluding hydrogens is 466 g/mol. The average Bonchev–Trinajstić information content (AvgIpc) is 3.53. The summed E-state index contributed by atoms with van der Waals surface area (Å²) < 4.78 is 13.1. The van der Waals surface area contributed by atoms with Gasteiger partial charge in [0.2, 0.25) is 5.60 Å². The third-order valence-electron chi connectivity index (χ3n) is 7.37. The minimum Gasteiger partial charge on any atom is -0.493 e. The van der Waals surface area contributed by atoms with Gasteiger partial charge in [-0.1, -0.05) is 30.3 Å². The maximum Gasteiger partial charge on any atom is 0.349 e. The molecule has 5 heterocycles. The molecule has 0 radical (unpaired) electrons. The van der Waals surface area contributed by atoms with Crippen molar-refractivity contribution in [3.63, 3.8) is 0 Å². The van der Waals surface area contributed by atoms with Gasteiger partial charge in [-0.3, -0.25) is 0 Å². The lowest BCUT2D eigenvalue weighted by atomic mass is 9.90. The maximum absolute atomic E-state index is 13.6. The molecule has 3 saturated heterocycles. The smallest absolute Gasteiger partial charge is 0.349 e. The molecule has 3 unspecified atom stereocenters. The number of ether oxygens (including phenoxy) is 2. The van der Waals surface area contributed by atoms with E-state index in [1.54, 1.807) is 0 Å². The van der Waals surface area contributed by atoms with Crippen molar-refractivity contribution >= 4 is 28.6 Å². The van der Waals surface area contributed by atoms with Crippen LogP contribution in [0.3, 0.4) is 0 Å². The van der Waals surface area contributed by atoms with Crippen molar-refractivity contribution in [1.82, 2.24) is 0 Å². The molecule has 3 aliphatic heterocycles. The Kier molecular flexibility index (Phi) is 7.06. The molecule has 6 rings (SSSR count). The van der Waals surface area contributed by atoms with Crippen LogP contribution >= 0.6 is 22.7 Å². The van der Waals surface area contributed by atoms with Gasteiger partial charge in [-0.15, -0.1) is 22.7 Å². The van der Waals surface area contributed by atoms with Crippen molar-refractivity contribution in [1.29, 1.82) is 0 Å². The number of quaternary nitrogens is 1. The van der Waals surface area contributed by atoms with Crippen molar-refractivity contribution in [2.45, 2.75) is 37.4 Å². The van der Waals surface area contributed by atoms with E-state index in [2.05, 4.69) is 0 Å². The minimum absolute atomic E-state index is 0.162. The van der Waals surface area contributed by atoms with Gasteiger partial charge in [0.25, 0.3) is 0 Å². The molecule has 1 aromatic carbocycles. The predicted octanol–water partition coefficient (Wildman–Crippen LogP) is 5.06. The molecule has 2 bridgehead atoms. The predicted molar refractivity (Wildman–Crippen MR) is 135 cm³/mol. The molecule has 0 saturated carbocycles. The van der Waals surface area contributed by atoms with Crippen LogP contribution < -0.4 is 4.74 Å². The highest BCUT2D eigenvalue weighted by molar-refractivity contribution is 7.12. The monoisotopic (exact) mass is 498 g/mol. The molecule has 5 nitrogen and oxygen atoms in total. The molecule has 3 aliphatic rings. The van der Waals surface area contributed by atoms with Crippen LogP contribution in [0.25, 0.3) is 0 Å². The van der Waals surface area contributed by atoms with Gasteiger partial charge in [0.05, 0.1) is 36.0 Å². The van der Waals surface area contributed by atoms with Gasteiger partial charge in [0.15, 0.2) is 6.10 Å². The Morgan fingerprint density at radius 1 is 1.00 bits per heavy atom. The lowest BCUT2D eigenvalue weighted by molar-refractivity contribution is -0.934. The summed E-state index contributed by atoms with van der Waals surface area (Å²) in [6.45, 7) is 4.79. The molecule has 7 heteroatoms. The molecule has 0 amide bonds. The first-order valence-corrected chi connectivity index (χ1v) is 13.9. The van der Waals surface area contributed by atoms with Gasteiger partial charge in [0.1, 0.15) is 12.3 Å². The van der Waals surface area contributed by atoms with Crippen LogP contribution in [0.2, 0.25) is 0 Å². The summed E-state index contributed by atoms with van der Waals surface area (Å²) in [6, 6.07) is 17.3. The standard InChI is InChI=1S/C27H32NO4S2/c29-26(27(30,24-11-5-18-33-24)25-12-6-19-34-25)32-23-20-28(14-4-8-21(23)13-16-28)15-7-17-31-22-9-2-1-3-10-22/h1-3,5-6,9-12,18-19,21,23,30H,4,7-8,13-17,20H2/q+1. The summed E-state index contributed by atoms with van der Waals surface area (Å²) >= 11 is 2.77. The van der Waals surface area contributed by atoms with Gasteiger partial charge < -0.3 is 19.1 Å². The Morgan fingerprint density at radius 3 is 2.41 bits per heavy atom. The summed E-state index contributed by atoms with van der Waals surface area (Å²) in [5.41, 5.74) is -1.74. The quantitative estimate of drug-likeness (QED) is 0.255. The van der Waals surface area contributed by atoms with Crippen LogP contribution in [0.15, 0.2) is 65.4 Å². The van der Waals surface area contributed by atoms with E-state index in [0.717, 1.165) is 62.1 Å². The fourth-order valence-electron chi connectivity index (χ4n) is 5.54. The second kappa shape index (κ2) is 10.2. The highest BCUT2D eigenvalue weighted by Gasteiger charge is 2.49. The molecule has 180 valence electrons.